The molecule has 36 heavy (non-hydrogen) atoms. The monoisotopic (exact) mass is 489 g/mol. The van der Waals surface area contributed by atoms with E-state index in [1.807, 2.05) is 24.0 Å². The highest BCUT2D eigenvalue weighted by Crippen LogP contribution is 2.33. The second-order valence-corrected chi connectivity index (χ2v) is 9.96. The molecule has 1 saturated carbocycles. The molecule has 7 rings (SSSR count). The van der Waals surface area contributed by atoms with Crippen LogP contribution in [0.15, 0.2) is 36.8 Å². The first-order valence-electron chi connectivity index (χ1n) is 12.4. The molecule has 4 atom stereocenters. The van der Waals surface area contributed by atoms with Gasteiger partial charge in [-0.1, -0.05) is 0 Å². The van der Waals surface area contributed by atoms with Crippen molar-refractivity contribution in [3.8, 4) is 11.3 Å². The Hall–Kier alpha value is -3.70. The maximum Gasteiger partial charge on any atom is 0.329 e. The molecule has 1 aliphatic carbocycles. The van der Waals surface area contributed by atoms with Crippen molar-refractivity contribution < 1.29 is 18.9 Å². The molecule has 0 aromatic carbocycles. The third-order valence-electron chi connectivity index (χ3n) is 7.84. The predicted molar refractivity (Wildman–Crippen MR) is 132 cm³/mol. The van der Waals surface area contributed by atoms with Crippen LogP contribution in [-0.4, -0.2) is 82.7 Å². The Morgan fingerprint density at radius 3 is 2.97 bits per heavy atom. The second-order valence-electron chi connectivity index (χ2n) is 9.96. The van der Waals surface area contributed by atoms with E-state index in [0.717, 1.165) is 54.0 Å². The zero-order valence-corrected chi connectivity index (χ0v) is 20.5. The number of aromatic nitrogens is 5. The van der Waals surface area contributed by atoms with Crippen molar-refractivity contribution >= 4 is 28.4 Å². The number of rotatable bonds is 5. The standard InChI is InChI=1S/C25H28N8O3/c1-26-22-9-18(28-23-15(10-27-33(22)23)24(34)29-17-6-7-20(17)35-3)16-11-32-25-14(16)5-4-8-31(25)19-12-30(2)13-21(19)36-32/h4-5,8-11,17,19-21H,6-7,12-13H2,1-3H3,(H-,26,27,28,29,34)/p+1/t17?,19-,20-,21-/m1/s1. The summed E-state index contributed by atoms with van der Waals surface area (Å²) in [5, 5.41) is 11.8. The molecular formula is C25H29N8O3+. The van der Waals surface area contributed by atoms with Crippen molar-refractivity contribution in [3.05, 3.63) is 42.4 Å². The summed E-state index contributed by atoms with van der Waals surface area (Å²) in [6.45, 7) is 1.83. The number of hydrogen-bond acceptors (Lipinski definition) is 7. The van der Waals surface area contributed by atoms with Crippen LogP contribution in [0.25, 0.3) is 27.9 Å². The summed E-state index contributed by atoms with van der Waals surface area (Å²) in [7, 11) is 5.64. The van der Waals surface area contributed by atoms with Crippen LogP contribution in [0, 0.1) is 0 Å². The Balaban J connectivity index is 1.33. The quantitative estimate of drug-likeness (QED) is 0.402. The fourth-order valence-corrected chi connectivity index (χ4v) is 5.82. The van der Waals surface area contributed by atoms with Crippen LogP contribution in [-0.2, 0) is 4.74 Å². The Bertz CT molecular complexity index is 1510. The number of carbonyl (C=O) groups is 1. The van der Waals surface area contributed by atoms with Crippen LogP contribution >= 0.6 is 0 Å². The van der Waals surface area contributed by atoms with Crippen molar-refractivity contribution in [2.45, 2.75) is 37.1 Å². The first-order valence-corrected chi connectivity index (χ1v) is 12.4. The van der Waals surface area contributed by atoms with Gasteiger partial charge in [-0.25, -0.2) is 9.55 Å². The van der Waals surface area contributed by atoms with E-state index in [9.17, 15) is 4.79 Å². The molecule has 6 heterocycles. The Morgan fingerprint density at radius 2 is 2.19 bits per heavy atom. The highest BCUT2D eigenvalue weighted by molar-refractivity contribution is 6.01. The topological polar surface area (TPSA) is 102 Å². The fraction of sp³-hybridized carbons (Fsp3) is 0.440. The zero-order chi connectivity index (χ0) is 24.6. The molecule has 2 aliphatic heterocycles. The van der Waals surface area contributed by atoms with E-state index in [2.05, 4.69) is 50.6 Å². The van der Waals surface area contributed by atoms with Gasteiger partial charge < -0.3 is 20.2 Å². The second kappa shape index (κ2) is 7.90. The van der Waals surface area contributed by atoms with Crippen LogP contribution in [0.3, 0.4) is 0 Å². The lowest BCUT2D eigenvalue weighted by atomic mass is 9.89. The minimum atomic E-state index is -0.193. The van der Waals surface area contributed by atoms with Crippen LogP contribution in [0.5, 0.6) is 0 Å². The molecule has 1 unspecified atom stereocenters. The van der Waals surface area contributed by atoms with Gasteiger partial charge in [0.25, 0.3) is 5.91 Å². The number of amides is 1. The van der Waals surface area contributed by atoms with Crippen molar-refractivity contribution in [1.29, 1.82) is 0 Å². The molecule has 2 N–H and O–H groups in total. The largest absolute Gasteiger partial charge is 0.379 e. The summed E-state index contributed by atoms with van der Waals surface area (Å²) in [6.07, 6.45) is 7.71. The minimum absolute atomic E-state index is 0.00933. The van der Waals surface area contributed by atoms with Gasteiger partial charge in [0.15, 0.2) is 11.7 Å². The van der Waals surface area contributed by atoms with Crippen molar-refractivity contribution in [3.63, 3.8) is 0 Å². The number of hydrogen-bond donors (Lipinski definition) is 2. The minimum Gasteiger partial charge on any atom is -0.379 e. The number of carbonyl (C=O) groups excluding carboxylic acids is 1. The average molecular weight is 490 g/mol. The number of likely N-dealkylation sites (N-methyl/N-ethyl adjacent to an activating group) is 1. The molecule has 4 aromatic rings. The highest BCUT2D eigenvalue weighted by atomic mass is 16.7. The third kappa shape index (κ3) is 3.05. The van der Waals surface area contributed by atoms with Crippen LogP contribution < -0.4 is 20.0 Å². The number of anilines is 1. The maximum atomic E-state index is 13.2. The molecule has 1 saturated heterocycles. The molecule has 0 radical (unpaired) electrons. The Kier molecular flexibility index (Phi) is 4.74. The van der Waals surface area contributed by atoms with E-state index < -0.39 is 0 Å². The summed E-state index contributed by atoms with van der Waals surface area (Å²) in [5.74, 6) is 0.549. The number of nitrogens with one attached hydrogen (secondary N) is 2. The third-order valence-corrected chi connectivity index (χ3v) is 7.84. The van der Waals surface area contributed by atoms with Crippen molar-refractivity contribution in [2.24, 2.45) is 0 Å². The van der Waals surface area contributed by atoms with Gasteiger partial charge in [0.05, 0.1) is 41.2 Å². The van der Waals surface area contributed by atoms with Gasteiger partial charge in [-0.05, 0) is 36.8 Å². The normalized spacial score (nSPS) is 25.0. The number of ether oxygens (including phenoxy) is 1. The molecule has 1 amide bonds. The van der Waals surface area contributed by atoms with E-state index in [4.69, 9.17) is 14.6 Å². The Morgan fingerprint density at radius 1 is 1.31 bits per heavy atom. The van der Waals surface area contributed by atoms with Gasteiger partial charge in [0.2, 0.25) is 6.10 Å². The smallest absolute Gasteiger partial charge is 0.329 e. The molecule has 4 aromatic heterocycles. The molecule has 11 nitrogen and oxygen atoms in total. The zero-order valence-electron chi connectivity index (χ0n) is 20.5. The number of pyridine rings is 1. The van der Waals surface area contributed by atoms with E-state index >= 15 is 0 Å². The summed E-state index contributed by atoms with van der Waals surface area (Å²) >= 11 is 0. The molecule has 3 aliphatic rings. The molecule has 186 valence electrons. The van der Waals surface area contributed by atoms with Gasteiger partial charge >= 0.3 is 5.65 Å². The average Bonchev–Trinajstić information content (AvgIpc) is 3.57. The highest BCUT2D eigenvalue weighted by Gasteiger charge is 2.44. The summed E-state index contributed by atoms with van der Waals surface area (Å²) < 4.78 is 11.3. The number of nitrogens with zero attached hydrogens (tertiary/aromatic N) is 6. The molecule has 11 heteroatoms. The van der Waals surface area contributed by atoms with Crippen LogP contribution in [0.1, 0.15) is 29.2 Å². The lowest BCUT2D eigenvalue weighted by Gasteiger charge is -2.35. The number of likely N-dealkylation sites (tertiary alicyclic amines) is 1. The lowest BCUT2D eigenvalue weighted by Crippen LogP contribution is -2.54. The molecule has 2 fully saturated rings. The SMILES string of the molecule is CNc1cc(-c2cn3c4c2ccc[n+]4[C@@H]2CN(C)C[C@H]2O3)nc2c(C(=O)NC3CC[C@H]3OC)cnn12. The van der Waals surface area contributed by atoms with Crippen molar-refractivity contribution in [1.82, 2.24) is 29.5 Å². The molecular weight excluding hydrogens is 460 g/mol. The molecule has 0 bridgehead atoms. The van der Waals surface area contributed by atoms with Crippen LogP contribution in [0.2, 0.25) is 0 Å². The first kappa shape index (κ1) is 21.6. The summed E-state index contributed by atoms with van der Waals surface area (Å²) in [6, 6.07) is 6.41. The number of methoxy groups -OCH3 is 1. The van der Waals surface area contributed by atoms with Gasteiger partial charge in [-0.3, -0.25) is 9.69 Å². The van der Waals surface area contributed by atoms with Gasteiger partial charge in [-0.2, -0.15) is 9.61 Å². The van der Waals surface area contributed by atoms with Gasteiger partial charge in [0, 0.05) is 33.3 Å². The van der Waals surface area contributed by atoms with Crippen LogP contribution in [0.4, 0.5) is 5.82 Å². The summed E-state index contributed by atoms with van der Waals surface area (Å²) in [5.41, 5.74) is 3.64. The van der Waals surface area contributed by atoms with E-state index in [1.54, 1.807) is 17.8 Å². The molecule has 0 spiro atoms. The van der Waals surface area contributed by atoms with E-state index in [1.165, 1.54) is 0 Å². The van der Waals surface area contributed by atoms with Gasteiger partial charge in [0.1, 0.15) is 17.6 Å². The van der Waals surface area contributed by atoms with E-state index in [-0.39, 0.29) is 30.2 Å². The fourth-order valence-electron chi connectivity index (χ4n) is 5.82. The number of fused-ring (bicyclic) bond motifs is 3. The lowest BCUT2D eigenvalue weighted by molar-refractivity contribution is -0.713. The maximum absolute atomic E-state index is 13.2. The van der Waals surface area contributed by atoms with Crippen molar-refractivity contribution in [2.75, 3.05) is 39.6 Å². The summed E-state index contributed by atoms with van der Waals surface area (Å²) in [4.78, 5) is 26.8. The first-order chi connectivity index (χ1) is 17.6. The predicted octanol–water partition coefficient (Wildman–Crippen LogP) is 0.885. The van der Waals surface area contributed by atoms with Gasteiger partial charge in [-0.15, -0.1) is 0 Å². The van der Waals surface area contributed by atoms with E-state index in [0.29, 0.717) is 11.2 Å². The Labute approximate surface area is 207 Å².